The van der Waals surface area contributed by atoms with E-state index in [0.29, 0.717) is 14.6 Å². The molecule has 1 aromatic carbocycles. The summed E-state index contributed by atoms with van der Waals surface area (Å²) in [6.07, 6.45) is 0.736. The smallest absolute Gasteiger partial charge is 0.263 e. The number of hydrogen-bond acceptors (Lipinski definition) is 3. The minimum absolute atomic E-state index is 0.0846. The molecule has 0 fully saturated rings. The van der Waals surface area contributed by atoms with Crippen molar-refractivity contribution in [3.63, 3.8) is 0 Å². The zero-order valence-corrected chi connectivity index (χ0v) is 15.2. The van der Waals surface area contributed by atoms with Crippen LogP contribution in [0.1, 0.15) is 17.4 Å². The highest BCUT2D eigenvalue weighted by Gasteiger charge is 2.37. The van der Waals surface area contributed by atoms with Crippen LogP contribution in [0.4, 0.5) is 5.69 Å². The van der Waals surface area contributed by atoms with Crippen molar-refractivity contribution in [1.29, 1.82) is 0 Å². The van der Waals surface area contributed by atoms with Gasteiger partial charge < -0.3 is 0 Å². The molecule has 0 N–H and O–H groups in total. The second-order valence-electron chi connectivity index (χ2n) is 4.97. The van der Waals surface area contributed by atoms with Crippen molar-refractivity contribution in [2.75, 3.05) is 4.31 Å². The number of sulfonamides is 1. The van der Waals surface area contributed by atoms with Gasteiger partial charge in [-0.2, -0.15) is 0 Å². The van der Waals surface area contributed by atoms with Gasteiger partial charge in [0.05, 0.1) is 15.4 Å². The van der Waals surface area contributed by atoms with Gasteiger partial charge in [-0.3, -0.25) is 4.31 Å². The predicted molar refractivity (Wildman–Crippen MR) is 90.8 cm³/mol. The molecule has 0 bridgehead atoms. The van der Waals surface area contributed by atoms with Crippen molar-refractivity contribution in [3.8, 4) is 0 Å². The summed E-state index contributed by atoms with van der Waals surface area (Å²) in [7, 11) is -3.58. The van der Waals surface area contributed by atoms with Gasteiger partial charge in [-0.1, -0.05) is 18.2 Å². The average Bonchev–Trinajstić information content (AvgIpc) is 2.98. The van der Waals surface area contributed by atoms with E-state index in [9.17, 15) is 8.42 Å². The Kier molecular flexibility index (Phi) is 4.07. The van der Waals surface area contributed by atoms with Gasteiger partial charge in [-0.25, -0.2) is 8.42 Å². The number of rotatable bonds is 3. The number of para-hydroxylation sites is 1. The molecule has 1 atom stereocenters. The molecule has 2 heterocycles. The molecule has 3 rings (SSSR count). The highest BCUT2D eigenvalue weighted by molar-refractivity contribution is 9.11. The Hall–Kier alpha value is -0.560. The lowest BCUT2D eigenvalue weighted by Crippen LogP contribution is -2.35. The number of benzene rings is 1. The van der Waals surface area contributed by atoms with E-state index >= 15 is 0 Å². The molecule has 0 spiro atoms. The summed E-state index contributed by atoms with van der Waals surface area (Å²) in [6.45, 7) is 1.93. The third kappa shape index (κ3) is 2.52. The van der Waals surface area contributed by atoms with Crippen LogP contribution in [-0.2, 0) is 22.3 Å². The van der Waals surface area contributed by atoms with E-state index in [1.807, 2.05) is 31.2 Å². The van der Waals surface area contributed by atoms with Crippen LogP contribution in [0.5, 0.6) is 0 Å². The van der Waals surface area contributed by atoms with Gasteiger partial charge in [-0.05, 0) is 47.0 Å². The van der Waals surface area contributed by atoms with Crippen molar-refractivity contribution in [2.24, 2.45) is 0 Å². The molecule has 0 saturated heterocycles. The molecule has 0 aliphatic carbocycles. The third-order valence-electron chi connectivity index (χ3n) is 3.52. The Balaban J connectivity index is 2.12. The second-order valence-corrected chi connectivity index (χ2v) is 9.47. The number of nitrogens with zero attached hydrogens (tertiary/aromatic N) is 1. The molecule has 0 amide bonds. The number of thiophene rings is 1. The van der Waals surface area contributed by atoms with Crippen LogP contribution in [0.2, 0.25) is 0 Å². The van der Waals surface area contributed by atoms with Crippen molar-refractivity contribution in [2.45, 2.75) is 30.2 Å². The summed E-state index contributed by atoms with van der Waals surface area (Å²) in [5.74, 6) is 0.310. The van der Waals surface area contributed by atoms with Crippen LogP contribution in [0.25, 0.3) is 0 Å². The van der Waals surface area contributed by atoms with E-state index in [0.717, 1.165) is 22.5 Å². The van der Waals surface area contributed by atoms with Gasteiger partial charge in [-0.15, -0.1) is 22.9 Å². The minimum atomic E-state index is -3.58. The van der Waals surface area contributed by atoms with E-state index in [4.69, 9.17) is 11.6 Å². The fourth-order valence-corrected chi connectivity index (χ4v) is 7.07. The molecule has 1 unspecified atom stereocenters. The van der Waals surface area contributed by atoms with Gasteiger partial charge in [0.25, 0.3) is 10.0 Å². The first-order chi connectivity index (χ1) is 9.95. The predicted octanol–water partition coefficient (Wildman–Crippen LogP) is 4.39. The first-order valence-electron chi connectivity index (χ1n) is 6.41. The number of halogens is 2. The zero-order valence-electron chi connectivity index (χ0n) is 11.2. The molecule has 1 aromatic heterocycles. The number of alkyl halides is 1. The first-order valence-corrected chi connectivity index (χ1v) is 10.00. The first kappa shape index (κ1) is 15.3. The summed E-state index contributed by atoms with van der Waals surface area (Å²) in [4.78, 5) is 1.13. The number of fused-ring (bicyclic) bond motifs is 1. The average molecular weight is 407 g/mol. The molecule has 0 radical (unpaired) electrons. The maximum absolute atomic E-state index is 13.0. The minimum Gasteiger partial charge on any atom is -0.263 e. The normalized spacial score (nSPS) is 18.0. The van der Waals surface area contributed by atoms with Crippen LogP contribution in [0, 0.1) is 0 Å². The fraction of sp³-hybridized carbons (Fsp3) is 0.286. The third-order valence-corrected chi connectivity index (χ3v) is 8.15. The molecule has 0 saturated carbocycles. The van der Waals surface area contributed by atoms with E-state index in [2.05, 4.69) is 15.9 Å². The van der Waals surface area contributed by atoms with Gasteiger partial charge in [0.15, 0.2) is 0 Å². The molecule has 2 aromatic rings. The second kappa shape index (κ2) is 5.57. The lowest BCUT2D eigenvalue weighted by atomic mass is 10.1. The maximum Gasteiger partial charge on any atom is 0.266 e. The Morgan fingerprint density at radius 3 is 2.81 bits per heavy atom. The number of hydrogen-bond donors (Lipinski definition) is 0. The molecule has 3 nitrogen and oxygen atoms in total. The molecular formula is C14H13BrClNO2S2. The standard InChI is InChI=1S/C14H13BrClNO2S2/c1-9-6-10-4-2-3-5-12(10)17(9)21(18,19)13-7-11(8-16)20-14(13)15/h2-5,7,9H,6,8H2,1H3. The summed E-state index contributed by atoms with van der Waals surface area (Å²) in [5, 5.41) is 0. The maximum atomic E-state index is 13.0. The highest BCUT2D eigenvalue weighted by Crippen LogP contribution is 2.40. The monoisotopic (exact) mass is 405 g/mol. The lowest BCUT2D eigenvalue weighted by Gasteiger charge is -2.24. The SMILES string of the molecule is CC1Cc2ccccc2N1S(=O)(=O)c1cc(CCl)sc1Br. The van der Waals surface area contributed by atoms with E-state index in [1.165, 1.54) is 15.6 Å². The van der Waals surface area contributed by atoms with Crippen molar-refractivity contribution >= 4 is 54.6 Å². The van der Waals surface area contributed by atoms with Crippen LogP contribution >= 0.6 is 38.9 Å². The summed E-state index contributed by atoms with van der Waals surface area (Å²) < 4.78 is 28.2. The topological polar surface area (TPSA) is 37.4 Å². The van der Waals surface area contributed by atoms with Crippen LogP contribution in [-0.4, -0.2) is 14.5 Å². The zero-order chi connectivity index (χ0) is 15.2. The molecule has 21 heavy (non-hydrogen) atoms. The van der Waals surface area contributed by atoms with Crippen molar-refractivity contribution in [1.82, 2.24) is 0 Å². The molecule has 112 valence electrons. The quantitative estimate of drug-likeness (QED) is 0.709. The molecular weight excluding hydrogens is 394 g/mol. The summed E-state index contributed by atoms with van der Waals surface area (Å²) in [6, 6.07) is 9.22. The Morgan fingerprint density at radius 1 is 1.43 bits per heavy atom. The molecule has 7 heteroatoms. The van der Waals surface area contributed by atoms with E-state index in [-0.39, 0.29) is 6.04 Å². The molecule has 1 aliphatic heterocycles. The van der Waals surface area contributed by atoms with Crippen molar-refractivity contribution < 1.29 is 8.42 Å². The number of anilines is 1. The summed E-state index contributed by atoms with van der Waals surface area (Å²) >= 11 is 10.5. The van der Waals surface area contributed by atoms with Gasteiger partial charge in [0, 0.05) is 10.9 Å². The highest BCUT2D eigenvalue weighted by atomic mass is 79.9. The molecule has 1 aliphatic rings. The fourth-order valence-electron chi connectivity index (χ4n) is 2.65. The van der Waals surface area contributed by atoms with Gasteiger partial charge >= 0.3 is 0 Å². The largest absolute Gasteiger partial charge is 0.266 e. The van der Waals surface area contributed by atoms with Crippen LogP contribution < -0.4 is 4.31 Å². The van der Waals surface area contributed by atoms with Crippen molar-refractivity contribution in [3.05, 3.63) is 44.6 Å². The van der Waals surface area contributed by atoms with E-state index in [1.54, 1.807) is 6.07 Å². The Morgan fingerprint density at radius 2 is 2.14 bits per heavy atom. The van der Waals surface area contributed by atoms with Crippen LogP contribution in [0.3, 0.4) is 0 Å². The van der Waals surface area contributed by atoms with Gasteiger partial charge in [0.1, 0.15) is 4.90 Å². The summed E-state index contributed by atoms with van der Waals surface area (Å²) in [5.41, 5.74) is 1.84. The van der Waals surface area contributed by atoms with E-state index < -0.39 is 10.0 Å². The lowest BCUT2D eigenvalue weighted by molar-refractivity contribution is 0.584. The van der Waals surface area contributed by atoms with Gasteiger partial charge in [0.2, 0.25) is 0 Å². The Bertz CT molecular complexity index is 788. The Labute approximate surface area is 141 Å². The van der Waals surface area contributed by atoms with Crippen LogP contribution in [0.15, 0.2) is 39.0 Å².